The molecule has 1 amide bonds. The Bertz CT molecular complexity index is 735. The molecule has 116 valence electrons. The highest BCUT2D eigenvalue weighted by Crippen LogP contribution is 2.36. The Kier molecular flexibility index (Phi) is 4.38. The van der Waals surface area contributed by atoms with Crippen LogP contribution in [0.5, 0.6) is 0 Å². The Balaban J connectivity index is 1.99. The minimum atomic E-state index is -0.498. The fourth-order valence-electron chi connectivity index (χ4n) is 3.13. The zero-order chi connectivity index (χ0) is 16.2. The molecule has 0 saturated carbocycles. The van der Waals surface area contributed by atoms with Crippen LogP contribution in [0.4, 0.5) is 0 Å². The normalized spacial score (nSPS) is 20.7. The van der Waals surface area contributed by atoms with Crippen molar-refractivity contribution in [3.63, 3.8) is 0 Å². The summed E-state index contributed by atoms with van der Waals surface area (Å²) in [5, 5.41) is 2.82. The lowest BCUT2D eigenvalue weighted by Crippen LogP contribution is -2.45. The maximum Gasteiger partial charge on any atom is 0.217 e. The largest absolute Gasteiger partial charge is 0.346 e. The molecule has 2 atom stereocenters. The first-order valence-electron chi connectivity index (χ1n) is 7.77. The molecule has 23 heavy (non-hydrogen) atoms. The van der Waals surface area contributed by atoms with Crippen molar-refractivity contribution in [1.29, 1.82) is 0 Å². The Morgan fingerprint density at radius 1 is 1.00 bits per heavy atom. The number of allylic oxidation sites excluding steroid dienone is 1. The second kappa shape index (κ2) is 6.61. The smallest absolute Gasteiger partial charge is 0.217 e. The number of carbonyl (C=O) groups is 2. The molecule has 1 N–H and O–H groups in total. The van der Waals surface area contributed by atoms with Crippen LogP contribution in [0.25, 0.3) is 5.57 Å². The molecule has 0 bridgehead atoms. The molecule has 2 unspecified atom stereocenters. The first-order chi connectivity index (χ1) is 11.1. The summed E-state index contributed by atoms with van der Waals surface area (Å²) in [5.74, 6) is -0.271. The predicted octanol–water partition coefficient (Wildman–Crippen LogP) is 3.33. The van der Waals surface area contributed by atoms with Crippen molar-refractivity contribution in [1.82, 2.24) is 5.32 Å². The van der Waals surface area contributed by atoms with Gasteiger partial charge in [0.15, 0.2) is 5.78 Å². The second-order valence-electron chi connectivity index (χ2n) is 5.84. The van der Waals surface area contributed by atoms with Crippen molar-refractivity contribution in [2.45, 2.75) is 25.3 Å². The molecule has 1 aliphatic rings. The first kappa shape index (κ1) is 15.2. The molecule has 0 radical (unpaired) electrons. The monoisotopic (exact) mass is 305 g/mol. The van der Waals surface area contributed by atoms with E-state index in [-0.39, 0.29) is 17.6 Å². The molecule has 2 aromatic rings. The molecule has 1 aliphatic carbocycles. The molecule has 0 spiro atoms. The average molecular weight is 305 g/mol. The molecule has 0 saturated heterocycles. The van der Waals surface area contributed by atoms with Crippen molar-refractivity contribution in [3.8, 4) is 0 Å². The highest BCUT2D eigenvalue weighted by atomic mass is 16.2. The average Bonchev–Trinajstić information content (AvgIpc) is 2.58. The fraction of sp³-hybridized carbons (Fsp3) is 0.200. The van der Waals surface area contributed by atoms with E-state index in [1.54, 1.807) is 6.08 Å². The topological polar surface area (TPSA) is 46.2 Å². The third kappa shape index (κ3) is 3.39. The minimum Gasteiger partial charge on any atom is -0.346 e. The van der Waals surface area contributed by atoms with Crippen LogP contribution < -0.4 is 5.32 Å². The quantitative estimate of drug-likeness (QED) is 0.945. The Morgan fingerprint density at radius 2 is 1.61 bits per heavy atom. The SMILES string of the molecule is CC(=O)NC1C(=O)C=C(c2ccccc2)CC1c1ccccc1. The van der Waals surface area contributed by atoms with Crippen molar-refractivity contribution in [2.24, 2.45) is 0 Å². The molecule has 0 aromatic heterocycles. The van der Waals surface area contributed by atoms with E-state index in [9.17, 15) is 9.59 Å². The zero-order valence-electron chi connectivity index (χ0n) is 13.0. The summed E-state index contributed by atoms with van der Waals surface area (Å²) in [6, 6.07) is 19.3. The number of hydrogen-bond acceptors (Lipinski definition) is 2. The van der Waals surface area contributed by atoms with E-state index < -0.39 is 6.04 Å². The lowest BCUT2D eigenvalue weighted by atomic mass is 9.77. The molecule has 3 heteroatoms. The van der Waals surface area contributed by atoms with Crippen LogP contribution in [0.2, 0.25) is 0 Å². The summed E-state index contributed by atoms with van der Waals surface area (Å²) >= 11 is 0. The number of amides is 1. The summed E-state index contributed by atoms with van der Waals surface area (Å²) in [6.45, 7) is 1.45. The van der Waals surface area contributed by atoms with Gasteiger partial charge in [-0.25, -0.2) is 0 Å². The van der Waals surface area contributed by atoms with Crippen LogP contribution in [-0.2, 0) is 9.59 Å². The lowest BCUT2D eigenvalue weighted by molar-refractivity contribution is -0.125. The molecule has 3 rings (SSSR count). The summed E-state index contributed by atoms with van der Waals surface area (Å²) in [7, 11) is 0. The fourth-order valence-corrected chi connectivity index (χ4v) is 3.13. The number of nitrogens with one attached hydrogen (secondary N) is 1. The maximum atomic E-state index is 12.6. The van der Waals surface area contributed by atoms with Crippen LogP contribution in [0.3, 0.4) is 0 Å². The summed E-state index contributed by atoms with van der Waals surface area (Å²) < 4.78 is 0. The third-order valence-corrected chi connectivity index (χ3v) is 4.20. The van der Waals surface area contributed by atoms with Gasteiger partial charge < -0.3 is 5.32 Å². The number of ketones is 1. The van der Waals surface area contributed by atoms with Crippen LogP contribution in [0, 0.1) is 0 Å². The lowest BCUT2D eigenvalue weighted by Gasteiger charge is -2.31. The van der Waals surface area contributed by atoms with Gasteiger partial charge in [-0.2, -0.15) is 0 Å². The van der Waals surface area contributed by atoms with E-state index in [2.05, 4.69) is 5.32 Å². The van der Waals surface area contributed by atoms with Gasteiger partial charge in [0.05, 0.1) is 6.04 Å². The van der Waals surface area contributed by atoms with Crippen molar-refractivity contribution in [3.05, 3.63) is 77.9 Å². The standard InChI is InChI=1S/C20H19NO2/c1-14(22)21-20-18(16-10-6-3-7-11-16)12-17(13-19(20)23)15-8-4-2-5-9-15/h2-11,13,18,20H,12H2,1H3,(H,21,22). The van der Waals surface area contributed by atoms with E-state index in [0.29, 0.717) is 0 Å². The first-order valence-corrected chi connectivity index (χ1v) is 7.77. The van der Waals surface area contributed by atoms with Gasteiger partial charge in [0.1, 0.15) is 0 Å². The Labute approximate surface area is 136 Å². The van der Waals surface area contributed by atoms with Gasteiger partial charge in [-0.1, -0.05) is 60.7 Å². The Hall–Kier alpha value is -2.68. The summed E-state index contributed by atoms with van der Waals surface area (Å²) in [5.41, 5.74) is 3.15. The highest BCUT2D eigenvalue weighted by molar-refractivity contribution is 6.04. The van der Waals surface area contributed by atoms with Gasteiger partial charge >= 0.3 is 0 Å². The number of benzene rings is 2. The zero-order valence-corrected chi connectivity index (χ0v) is 13.0. The highest BCUT2D eigenvalue weighted by Gasteiger charge is 2.34. The van der Waals surface area contributed by atoms with E-state index in [1.807, 2.05) is 60.7 Å². The molecular weight excluding hydrogens is 286 g/mol. The van der Waals surface area contributed by atoms with E-state index in [4.69, 9.17) is 0 Å². The Morgan fingerprint density at radius 3 is 2.22 bits per heavy atom. The van der Waals surface area contributed by atoms with Gasteiger partial charge in [-0.3, -0.25) is 9.59 Å². The molecule has 0 fully saturated rings. The molecule has 3 nitrogen and oxygen atoms in total. The maximum absolute atomic E-state index is 12.6. The van der Waals surface area contributed by atoms with E-state index in [1.165, 1.54) is 6.92 Å². The minimum absolute atomic E-state index is 0.0424. The summed E-state index contributed by atoms with van der Waals surface area (Å²) in [6.07, 6.45) is 2.40. The predicted molar refractivity (Wildman–Crippen MR) is 90.8 cm³/mol. The van der Waals surface area contributed by atoms with Crippen molar-refractivity contribution in [2.75, 3.05) is 0 Å². The van der Waals surface area contributed by atoms with Gasteiger partial charge in [0, 0.05) is 12.8 Å². The van der Waals surface area contributed by atoms with Gasteiger partial charge in [-0.05, 0) is 29.2 Å². The van der Waals surface area contributed by atoms with Crippen LogP contribution in [0.15, 0.2) is 66.7 Å². The van der Waals surface area contributed by atoms with Crippen LogP contribution >= 0.6 is 0 Å². The summed E-state index contributed by atoms with van der Waals surface area (Å²) in [4.78, 5) is 24.1. The molecular formula is C20H19NO2. The van der Waals surface area contributed by atoms with Crippen LogP contribution in [0.1, 0.15) is 30.4 Å². The second-order valence-corrected chi connectivity index (χ2v) is 5.84. The number of carbonyl (C=O) groups excluding carboxylic acids is 2. The number of hydrogen-bond donors (Lipinski definition) is 1. The van der Waals surface area contributed by atoms with Gasteiger partial charge in [-0.15, -0.1) is 0 Å². The van der Waals surface area contributed by atoms with E-state index in [0.717, 1.165) is 23.1 Å². The molecule has 2 aromatic carbocycles. The third-order valence-electron chi connectivity index (χ3n) is 4.20. The van der Waals surface area contributed by atoms with Crippen molar-refractivity contribution >= 4 is 17.3 Å². The molecule has 0 heterocycles. The van der Waals surface area contributed by atoms with Gasteiger partial charge in [0.2, 0.25) is 5.91 Å². The molecule has 0 aliphatic heterocycles. The van der Waals surface area contributed by atoms with Gasteiger partial charge in [0.25, 0.3) is 0 Å². The van der Waals surface area contributed by atoms with E-state index >= 15 is 0 Å². The van der Waals surface area contributed by atoms with Crippen LogP contribution in [-0.4, -0.2) is 17.7 Å². The van der Waals surface area contributed by atoms with Crippen molar-refractivity contribution < 1.29 is 9.59 Å². The number of rotatable bonds is 3.